The maximum Gasteiger partial charge on any atom is 0.252 e. The Bertz CT molecular complexity index is 165. The van der Waals surface area contributed by atoms with Gasteiger partial charge in [-0.15, -0.1) is 0 Å². The summed E-state index contributed by atoms with van der Waals surface area (Å²) in [5, 5.41) is 2.88. The van der Waals surface area contributed by atoms with Crippen LogP contribution in [-0.2, 0) is 0 Å². The minimum absolute atomic E-state index is 0.0197. The van der Waals surface area contributed by atoms with E-state index in [4.69, 9.17) is 0 Å². The van der Waals surface area contributed by atoms with Crippen LogP contribution in [0.15, 0.2) is 0 Å². The van der Waals surface area contributed by atoms with Gasteiger partial charge in [-0.2, -0.15) is 0 Å². The van der Waals surface area contributed by atoms with E-state index in [1.807, 2.05) is 6.92 Å². The quantitative estimate of drug-likeness (QED) is 0.743. The number of nitrogens with one attached hydrogen (secondary N) is 1. The van der Waals surface area contributed by atoms with Crippen molar-refractivity contribution in [2.24, 2.45) is 5.92 Å². The van der Waals surface area contributed by atoms with Crippen LogP contribution in [0.2, 0.25) is 0 Å². The first-order valence-electron chi connectivity index (χ1n) is 5.61. The van der Waals surface area contributed by atoms with Crippen molar-refractivity contribution < 1.29 is 8.78 Å². The van der Waals surface area contributed by atoms with E-state index in [1.54, 1.807) is 7.05 Å². The molecule has 0 spiro atoms. The average molecular weight is 205 g/mol. The first-order chi connectivity index (χ1) is 6.56. The molecular formula is C11H21F2N. The van der Waals surface area contributed by atoms with Crippen LogP contribution in [0.4, 0.5) is 8.78 Å². The van der Waals surface area contributed by atoms with Crippen LogP contribution in [-0.4, -0.2) is 19.0 Å². The molecule has 3 heteroatoms. The Morgan fingerprint density at radius 3 is 2.36 bits per heavy atom. The molecule has 1 atom stereocenters. The molecule has 14 heavy (non-hydrogen) atoms. The van der Waals surface area contributed by atoms with E-state index >= 15 is 0 Å². The molecule has 0 aromatic rings. The highest BCUT2D eigenvalue weighted by Gasteiger charge is 2.40. The fourth-order valence-corrected chi connectivity index (χ4v) is 2.20. The zero-order valence-electron chi connectivity index (χ0n) is 9.15. The maximum absolute atomic E-state index is 13.7. The average Bonchev–Trinajstić information content (AvgIpc) is 2.18. The van der Waals surface area contributed by atoms with Crippen LogP contribution in [0, 0.1) is 5.92 Å². The third kappa shape index (κ3) is 3.19. The standard InChI is InChI=1S/C11H21F2N/c1-9(14-2)8-11(12,13)10-6-4-3-5-7-10/h9-10,14H,3-8H2,1-2H3. The van der Waals surface area contributed by atoms with Gasteiger partial charge in [-0.3, -0.25) is 0 Å². The summed E-state index contributed by atoms with van der Waals surface area (Å²) in [4.78, 5) is 0. The fraction of sp³-hybridized carbons (Fsp3) is 1.00. The lowest BCUT2D eigenvalue weighted by Gasteiger charge is -2.31. The van der Waals surface area contributed by atoms with Gasteiger partial charge in [0.1, 0.15) is 0 Å². The van der Waals surface area contributed by atoms with Crippen LogP contribution >= 0.6 is 0 Å². The second-order valence-electron chi connectivity index (χ2n) is 4.49. The Kier molecular flexibility index (Phi) is 4.30. The lowest BCUT2D eigenvalue weighted by molar-refractivity contribution is -0.0823. The van der Waals surface area contributed by atoms with Crippen molar-refractivity contribution in [3.63, 3.8) is 0 Å². The van der Waals surface area contributed by atoms with Gasteiger partial charge in [0.25, 0.3) is 5.92 Å². The molecule has 1 aliphatic carbocycles. The largest absolute Gasteiger partial charge is 0.317 e. The summed E-state index contributed by atoms with van der Waals surface area (Å²) in [6.07, 6.45) is 4.50. The molecule has 1 nitrogen and oxygen atoms in total. The summed E-state index contributed by atoms with van der Waals surface area (Å²) in [6.45, 7) is 1.82. The molecule has 0 aromatic carbocycles. The Morgan fingerprint density at radius 1 is 1.29 bits per heavy atom. The van der Waals surface area contributed by atoms with E-state index in [1.165, 1.54) is 0 Å². The third-order valence-corrected chi connectivity index (χ3v) is 3.27. The summed E-state index contributed by atoms with van der Waals surface area (Å²) in [6, 6.07) is -0.0908. The molecule has 0 amide bonds. The van der Waals surface area contributed by atoms with E-state index in [-0.39, 0.29) is 18.4 Å². The predicted octanol–water partition coefficient (Wildman–Crippen LogP) is 3.20. The molecular weight excluding hydrogens is 184 g/mol. The normalized spacial score (nSPS) is 22.3. The summed E-state index contributed by atoms with van der Waals surface area (Å²) >= 11 is 0. The molecule has 0 aromatic heterocycles. The van der Waals surface area contributed by atoms with E-state index in [0.29, 0.717) is 12.8 Å². The van der Waals surface area contributed by atoms with Gasteiger partial charge in [0, 0.05) is 18.4 Å². The van der Waals surface area contributed by atoms with Gasteiger partial charge in [0.2, 0.25) is 0 Å². The molecule has 0 saturated heterocycles. The Balaban J connectivity index is 2.45. The van der Waals surface area contributed by atoms with Gasteiger partial charge in [-0.05, 0) is 26.8 Å². The van der Waals surface area contributed by atoms with Gasteiger partial charge in [-0.25, -0.2) is 8.78 Å². The SMILES string of the molecule is CNC(C)CC(F)(F)C1CCCCC1. The molecule has 0 bridgehead atoms. The van der Waals surface area contributed by atoms with Crippen molar-refractivity contribution >= 4 is 0 Å². The zero-order chi connectivity index (χ0) is 10.6. The number of alkyl halides is 2. The first kappa shape index (κ1) is 11.9. The van der Waals surface area contributed by atoms with Crippen molar-refractivity contribution in [2.45, 2.75) is 57.4 Å². The van der Waals surface area contributed by atoms with Crippen LogP contribution in [0.5, 0.6) is 0 Å². The molecule has 0 aliphatic heterocycles. The summed E-state index contributed by atoms with van der Waals surface area (Å²) in [5.41, 5.74) is 0. The minimum atomic E-state index is -2.47. The highest BCUT2D eigenvalue weighted by Crippen LogP contribution is 2.39. The van der Waals surface area contributed by atoms with Gasteiger partial charge in [-0.1, -0.05) is 19.3 Å². The lowest BCUT2D eigenvalue weighted by atomic mass is 9.82. The molecule has 0 radical (unpaired) electrons. The van der Waals surface area contributed by atoms with Crippen LogP contribution in [0.1, 0.15) is 45.4 Å². The molecule has 1 aliphatic rings. The second kappa shape index (κ2) is 5.06. The number of hydrogen-bond acceptors (Lipinski definition) is 1. The van der Waals surface area contributed by atoms with Gasteiger partial charge < -0.3 is 5.32 Å². The topological polar surface area (TPSA) is 12.0 Å². The molecule has 1 fully saturated rings. The zero-order valence-corrected chi connectivity index (χ0v) is 9.15. The van der Waals surface area contributed by atoms with E-state index in [9.17, 15) is 8.78 Å². The van der Waals surface area contributed by atoms with E-state index < -0.39 is 5.92 Å². The minimum Gasteiger partial charge on any atom is -0.317 e. The maximum atomic E-state index is 13.7. The van der Waals surface area contributed by atoms with Gasteiger partial charge in [0.05, 0.1) is 0 Å². The number of hydrogen-bond donors (Lipinski definition) is 1. The molecule has 1 rings (SSSR count). The van der Waals surface area contributed by atoms with Crippen LogP contribution in [0.3, 0.4) is 0 Å². The summed E-state index contributed by atoms with van der Waals surface area (Å²) in [7, 11) is 1.74. The Hall–Kier alpha value is -0.180. The fourth-order valence-electron chi connectivity index (χ4n) is 2.20. The Labute approximate surface area is 85.3 Å². The van der Waals surface area contributed by atoms with Gasteiger partial charge >= 0.3 is 0 Å². The van der Waals surface area contributed by atoms with E-state index in [2.05, 4.69) is 5.32 Å². The third-order valence-electron chi connectivity index (χ3n) is 3.27. The summed E-state index contributed by atoms with van der Waals surface area (Å²) < 4.78 is 27.4. The van der Waals surface area contributed by atoms with Crippen LogP contribution < -0.4 is 5.32 Å². The number of rotatable bonds is 4. The first-order valence-corrected chi connectivity index (χ1v) is 5.61. The smallest absolute Gasteiger partial charge is 0.252 e. The van der Waals surface area contributed by atoms with Crippen molar-refractivity contribution in [3.8, 4) is 0 Å². The molecule has 1 saturated carbocycles. The molecule has 0 heterocycles. The highest BCUT2D eigenvalue weighted by molar-refractivity contribution is 4.82. The predicted molar refractivity (Wildman–Crippen MR) is 54.7 cm³/mol. The van der Waals surface area contributed by atoms with Crippen molar-refractivity contribution in [2.75, 3.05) is 7.05 Å². The molecule has 1 N–H and O–H groups in total. The Morgan fingerprint density at radius 2 is 1.86 bits per heavy atom. The van der Waals surface area contributed by atoms with Crippen molar-refractivity contribution in [1.82, 2.24) is 5.32 Å². The second-order valence-corrected chi connectivity index (χ2v) is 4.49. The number of halogens is 2. The molecule has 84 valence electrons. The van der Waals surface area contributed by atoms with Crippen LogP contribution in [0.25, 0.3) is 0 Å². The van der Waals surface area contributed by atoms with Crippen molar-refractivity contribution in [1.29, 1.82) is 0 Å². The van der Waals surface area contributed by atoms with E-state index in [0.717, 1.165) is 19.3 Å². The highest BCUT2D eigenvalue weighted by atomic mass is 19.3. The lowest BCUT2D eigenvalue weighted by Crippen LogP contribution is -2.37. The monoisotopic (exact) mass is 205 g/mol. The van der Waals surface area contributed by atoms with Crippen molar-refractivity contribution in [3.05, 3.63) is 0 Å². The van der Waals surface area contributed by atoms with Gasteiger partial charge in [0.15, 0.2) is 0 Å². The molecule has 1 unspecified atom stereocenters. The summed E-state index contributed by atoms with van der Waals surface area (Å²) in [5.74, 6) is -2.84.